The predicted molar refractivity (Wildman–Crippen MR) is 95.9 cm³/mol. The van der Waals surface area contributed by atoms with Crippen molar-refractivity contribution in [3.05, 3.63) is 67.2 Å². The Morgan fingerprint density at radius 2 is 1.95 bits per heavy atom. The Hall–Kier alpha value is -0.390. The lowest BCUT2D eigenvalue weighted by Crippen LogP contribution is -2.15. The van der Waals surface area contributed by atoms with Crippen molar-refractivity contribution in [2.24, 2.45) is 5.73 Å². The third-order valence-corrected chi connectivity index (χ3v) is 5.62. The van der Waals surface area contributed by atoms with Crippen LogP contribution in [-0.2, 0) is 0 Å². The molecule has 1 nitrogen and oxygen atoms in total. The molecule has 1 fully saturated rings. The van der Waals surface area contributed by atoms with Crippen LogP contribution in [0.4, 0.5) is 0 Å². The Balaban J connectivity index is 1.93. The number of hydrogen-bond donors (Lipinski definition) is 1. The molecule has 3 rings (SSSR count). The summed E-state index contributed by atoms with van der Waals surface area (Å²) >= 11 is 5.90. The summed E-state index contributed by atoms with van der Waals surface area (Å²) in [5.41, 5.74) is 10.3. The minimum atomic E-state index is -0.0561. The smallest absolute Gasteiger partial charge is 0.0562 e. The summed E-state index contributed by atoms with van der Waals surface area (Å²) in [5.74, 6) is 0.753. The molecule has 1 unspecified atom stereocenters. The summed E-state index contributed by atoms with van der Waals surface area (Å²) in [6.07, 6.45) is 4.02. The number of nitrogens with two attached hydrogens (primary N) is 1. The third kappa shape index (κ3) is 2.95. The molecule has 0 aromatic heterocycles. The van der Waals surface area contributed by atoms with E-state index in [1.165, 1.54) is 39.5 Å². The highest BCUT2D eigenvalue weighted by atomic mass is 127. The van der Waals surface area contributed by atoms with Crippen molar-refractivity contribution in [3.63, 3.8) is 0 Å². The van der Waals surface area contributed by atoms with Crippen LogP contribution < -0.4 is 5.73 Å². The molecule has 0 saturated heterocycles. The number of halogens is 2. The Morgan fingerprint density at radius 1 is 1.15 bits per heavy atom. The van der Waals surface area contributed by atoms with Crippen LogP contribution in [0.25, 0.3) is 0 Å². The van der Waals surface area contributed by atoms with E-state index in [1.807, 2.05) is 0 Å². The SMILES string of the molecule is NC(c1cccc(C2CCC2)c1)c1cc(Br)ccc1I. The van der Waals surface area contributed by atoms with Crippen molar-refractivity contribution < 1.29 is 0 Å². The van der Waals surface area contributed by atoms with E-state index in [0.717, 1.165) is 10.4 Å². The number of hydrogen-bond acceptors (Lipinski definition) is 1. The molecule has 104 valence electrons. The lowest BCUT2D eigenvalue weighted by molar-refractivity contribution is 0.419. The summed E-state index contributed by atoms with van der Waals surface area (Å²) in [4.78, 5) is 0. The molecular weight excluding hydrogens is 425 g/mol. The molecule has 0 radical (unpaired) electrons. The molecule has 1 aliphatic carbocycles. The summed E-state index contributed by atoms with van der Waals surface area (Å²) in [6, 6.07) is 15.1. The Bertz CT molecular complexity index is 622. The molecule has 0 amide bonds. The first-order chi connectivity index (χ1) is 9.65. The summed E-state index contributed by atoms with van der Waals surface area (Å²) in [6.45, 7) is 0. The number of rotatable bonds is 3. The van der Waals surface area contributed by atoms with Gasteiger partial charge in [-0.2, -0.15) is 0 Å². The molecule has 3 heteroatoms. The van der Waals surface area contributed by atoms with Crippen LogP contribution in [0, 0.1) is 3.57 Å². The second-order valence-corrected chi connectivity index (χ2v) is 7.52. The van der Waals surface area contributed by atoms with Gasteiger partial charge in [-0.1, -0.05) is 46.6 Å². The molecule has 20 heavy (non-hydrogen) atoms. The number of benzene rings is 2. The molecule has 1 aliphatic rings. The van der Waals surface area contributed by atoms with Crippen LogP contribution in [0.5, 0.6) is 0 Å². The van der Waals surface area contributed by atoms with E-state index in [1.54, 1.807) is 0 Å². The molecule has 2 aromatic rings. The van der Waals surface area contributed by atoms with E-state index in [2.05, 4.69) is 81.0 Å². The quantitative estimate of drug-likeness (QED) is 0.636. The first-order valence-corrected chi connectivity index (χ1v) is 8.82. The van der Waals surface area contributed by atoms with Gasteiger partial charge in [0.1, 0.15) is 0 Å². The van der Waals surface area contributed by atoms with Crippen molar-refractivity contribution in [1.82, 2.24) is 0 Å². The maximum atomic E-state index is 6.49. The molecule has 0 aliphatic heterocycles. The monoisotopic (exact) mass is 441 g/mol. The fourth-order valence-electron chi connectivity index (χ4n) is 2.68. The summed E-state index contributed by atoms with van der Waals surface area (Å²) in [5, 5.41) is 0. The zero-order valence-corrected chi connectivity index (χ0v) is 14.9. The van der Waals surface area contributed by atoms with Gasteiger partial charge in [-0.05, 0) is 76.2 Å². The minimum absolute atomic E-state index is 0.0561. The van der Waals surface area contributed by atoms with Crippen molar-refractivity contribution in [2.45, 2.75) is 31.2 Å². The molecule has 1 atom stereocenters. The van der Waals surface area contributed by atoms with Gasteiger partial charge in [-0.25, -0.2) is 0 Å². The average molecular weight is 442 g/mol. The Labute approximate surface area is 142 Å². The standard InChI is InChI=1S/C17H17BrIN/c18-14-7-8-16(19)15(10-14)17(20)13-6-2-5-12(9-13)11-3-1-4-11/h2,5-11,17H,1,3-4,20H2. The first-order valence-electron chi connectivity index (χ1n) is 6.95. The van der Waals surface area contributed by atoms with Crippen LogP contribution in [0.3, 0.4) is 0 Å². The summed E-state index contributed by atoms with van der Waals surface area (Å²) < 4.78 is 2.30. The zero-order valence-electron chi connectivity index (χ0n) is 11.2. The van der Waals surface area contributed by atoms with E-state index in [0.29, 0.717) is 0 Å². The predicted octanol–water partition coefficient (Wildman–Crippen LogP) is 5.37. The average Bonchev–Trinajstić information content (AvgIpc) is 2.39. The van der Waals surface area contributed by atoms with Crippen molar-refractivity contribution in [3.8, 4) is 0 Å². The van der Waals surface area contributed by atoms with E-state index in [9.17, 15) is 0 Å². The highest BCUT2D eigenvalue weighted by molar-refractivity contribution is 14.1. The molecular formula is C17H17BrIN. The van der Waals surface area contributed by atoms with Crippen LogP contribution in [0.1, 0.15) is 47.9 Å². The Kier molecular flexibility index (Phi) is 4.48. The topological polar surface area (TPSA) is 26.0 Å². The van der Waals surface area contributed by atoms with Gasteiger partial charge in [0.05, 0.1) is 6.04 Å². The van der Waals surface area contributed by atoms with Crippen LogP contribution in [0.2, 0.25) is 0 Å². The fourth-order valence-corrected chi connectivity index (χ4v) is 3.73. The van der Waals surface area contributed by atoms with Crippen molar-refractivity contribution in [1.29, 1.82) is 0 Å². The Morgan fingerprint density at radius 3 is 2.65 bits per heavy atom. The molecule has 2 aromatic carbocycles. The zero-order chi connectivity index (χ0) is 14.1. The van der Waals surface area contributed by atoms with Gasteiger partial charge < -0.3 is 5.73 Å². The van der Waals surface area contributed by atoms with E-state index >= 15 is 0 Å². The molecule has 0 bridgehead atoms. The molecule has 0 heterocycles. The van der Waals surface area contributed by atoms with Gasteiger partial charge in [0.2, 0.25) is 0 Å². The first kappa shape index (κ1) is 14.5. The molecule has 2 N–H and O–H groups in total. The van der Waals surface area contributed by atoms with Crippen LogP contribution in [-0.4, -0.2) is 0 Å². The van der Waals surface area contributed by atoms with Gasteiger partial charge >= 0.3 is 0 Å². The normalized spacial score (nSPS) is 16.8. The summed E-state index contributed by atoms with van der Waals surface area (Å²) in [7, 11) is 0. The maximum Gasteiger partial charge on any atom is 0.0562 e. The van der Waals surface area contributed by atoms with E-state index in [4.69, 9.17) is 5.73 Å². The van der Waals surface area contributed by atoms with E-state index in [-0.39, 0.29) is 6.04 Å². The van der Waals surface area contributed by atoms with Gasteiger partial charge in [0.25, 0.3) is 0 Å². The van der Waals surface area contributed by atoms with Crippen LogP contribution in [0.15, 0.2) is 46.9 Å². The van der Waals surface area contributed by atoms with Gasteiger partial charge in [-0.15, -0.1) is 0 Å². The van der Waals surface area contributed by atoms with Gasteiger partial charge in [0, 0.05) is 8.04 Å². The molecule has 1 saturated carbocycles. The maximum absolute atomic E-state index is 6.49. The van der Waals surface area contributed by atoms with Gasteiger partial charge in [0.15, 0.2) is 0 Å². The largest absolute Gasteiger partial charge is 0.320 e. The van der Waals surface area contributed by atoms with E-state index < -0.39 is 0 Å². The highest BCUT2D eigenvalue weighted by Gasteiger charge is 2.20. The minimum Gasteiger partial charge on any atom is -0.320 e. The fraction of sp³-hybridized carbons (Fsp3) is 0.294. The highest BCUT2D eigenvalue weighted by Crippen LogP contribution is 2.37. The third-order valence-electron chi connectivity index (χ3n) is 4.14. The molecule has 0 spiro atoms. The lowest BCUT2D eigenvalue weighted by Gasteiger charge is -2.26. The van der Waals surface area contributed by atoms with Gasteiger partial charge in [-0.3, -0.25) is 0 Å². The lowest BCUT2D eigenvalue weighted by atomic mass is 9.79. The second-order valence-electron chi connectivity index (χ2n) is 5.44. The second kappa shape index (κ2) is 6.16. The van der Waals surface area contributed by atoms with Crippen molar-refractivity contribution >= 4 is 38.5 Å². The van der Waals surface area contributed by atoms with Crippen molar-refractivity contribution in [2.75, 3.05) is 0 Å². The van der Waals surface area contributed by atoms with Crippen LogP contribution >= 0.6 is 38.5 Å².